The zero-order chi connectivity index (χ0) is 17.0. The summed E-state index contributed by atoms with van der Waals surface area (Å²) in [6.45, 7) is 8.12. The molecule has 1 atom stereocenters. The third-order valence-electron chi connectivity index (χ3n) is 4.34. The lowest BCUT2D eigenvalue weighted by Crippen LogP contribution is -2.33. The number of hydrogen-bond acceptors (Lipinski definition) is 2. The molecule has 2 aromatic rings. The van der Waals surface area contributed by atoms with E-state index >= 15 is 0 Å². The lowest BCUT2D eigenvalue weighted by atomic mass is 10.1. The normalized spacial score (nSPS) is 12.6. The summed E-state index contributed by atoms with van der Waals surface area (Å²) in [4.78, 5) is 14.0. The number of rotatable bonds is 5. The Morgan fingerprint density at radius 2 is 1.96 bits per heavy atom. The molecule has 4 heteroatoms. The SMILES string of the molecule is CCC(C)N(C)C(=O)/C=C/c1c(C)nn(-c2ccccc2)c1C. The Balaban J connectivity index is 2.26. The summed E-state index contributed by atoms with van der Waals surface area (Å²) in [7, 11) is 1.84. The number of carbonyl (C=O) groups excluding carboxylic acids is 1. The molecule has 1 aromatic carbocycles. The van der Waals surface area contributed by atoms with Gasteiger partial charge in [0.1, 0.15) is 0 Å². The molecule has 0 radical (unpaired) electrons. The van der Waals surface area contributed by atoms with E-state index in [-0.39, 0.29) is 11.9 Å². The topological polar surface area (TPSA) is 38.1 Å². The molecule has 23 heavy (non-hydrogen) atoms. The van der Waals surface area contributed by atoms with Gasteiger partial charge in [-0.15, -0.1) is 0 Å². The highest BCUT2D eigenvalue weighted by Gasteiger charge is 2.13. The number of benzene rings is 1. The minimum absolute atomic E-state index is 0.0191. The quantitative estimate of drug-likeness (QED) is 0.789. The molecule has 0 N–H and O–H groups in total. The average Bonchev–Trinajstić information content (AvgIpc) is 2.86. The highest BCUT2D eigenvalue weighted by Crippen LogP contribution is 2.19. The van der Waals surface area contributed by atoms with Crippen molar-refractivity contribution in [1.82, 2.24) is 14.7 Å². The van der Waals surface area contributed by atoms with Crippen molar-refractivity contribution in [2.24, 2.45) is 0 Å². The molecule has 0 aliphatic rings. The Kier molecular flexibility index (Phi) is 5.37. The second-order valence-corrected chi connectivity index (χ2v) is 5.87. The summed E-state index contributed by atoms with van der Waals surface area (Å²) in [5, 5.41) is 4.60. The first-order valence-electron chi connectivity index (χ1n) is 8.02. The second kappa shape index (κ2) is 7.27. The number of aryl methyl sites for hydroxylation is 1. The molecule has 122 valence electrons. The summed E-state index contributed by atoms with van der Waals surface area (Å²) < 4.78 is 1.91. The van der Waals surface area contributed by atoms with Gasteiger partial charge in [0.15, 0.2) is 0 Å². The van der Waals surface area contributed by atoms with E-state index in [4.69, 9.17) is 0 Å². The molecule has 2 rings (SSSR count). The first-order valence-corrected chi connectivity index (χ1v) is 8.02. The molecular weight excluding hydrogens is 286 g/mol. The maximum absolute atomic E-state index is 12.2. The van der Waals surface area contributed by atoms with Crippen LogP contribution >= 0.6 is 0 Å². The standard InChI is InChI=1S/C19H25N3O/c1-6-14(2)21(5)19(23)13-12-18-15(3)20-22(16(18)4)17-10-8-7-9-11-17/h7-14H,6H2,1-5H3/b13-12+. The van der Waals surface area contributed by atoms with E-state index in [1.807, 2.05) is 62.0 Å². The maximum Gasteiger partial charge on any atom is 0.246 e. The van der Waals surface area contributed by atoms with Crippen LogP contribution in [0.2, 0.25) is 0 Å². The molecule has 0 saturated heterocycles. The summed E-state index contributed by atoms with van der Waals surface area (Å²) in [6, 6.07) is 10.3. The van der Waals surface area contributed by atoms with Crippen molar-refractivity contribution in [1.29, 1.82) is 0 Å². The fraction of sp³-hybridized carbons (Fsp3) is 0.368. The van der Waals surface area contributed by atoms with Crippen molar-refractivity contribution in [2.75, 3.05) is 7.05 Å². The van der Waals surface area contributed by atoms with E-state index < -0.39 is 0 Å². The summed E-state index contributed by atoms with van der Waals surface area (Å²) in [5.41, 5.74) is 3.97. The molecule has 0 aliphatic carbocycles. The molecule has 0 aliphatic heterocycles. The van der Waals surface area contributed by atoms with Crippen LogP contribution in [0, 0.1) is 13.8 Å². The zero-order valence-corrected chi connectivity index (χ0v) is 14.6. The van der Waals surface area contributed by atoms with E-state index in [1.165, 1.54) is 0 Å². The van der Waals surface area contributed by atoms with Gasteiger partial charge in [-0.05, 0) is 45.4 Å². The fourth-order valence-electron chi connectivity index (χ4n) is 2.48. The molecule has 1 amide bonds. The van der Waals surface area contributed by atoms with Crippen molar-refractivity contribution >= 4 is 12.0 Å². The van der Waals surface area contributed by atoms with Crippen molar-refractivity contribution in [2.45, 2.75) is 40.2 Å². The molecule has 4 nitrogen and oxygen atoms in total. The van der Waals surface area contributed by atoms with Gasteiger partial charge in [0, 0.05) is 30.4 Å². The van der Waals surface area contributed by atoms with Crippen LogP contribution in [0.1, 0.15) is 37.2 Å². The molecule has 1 unspecified atom stereocenters. The number of aromatic nitrogens is 2. The van der Waals surface area contributed by atoms with E-state index in [0.717, 1.165) is 29.1 Å². The number of likely N-dealkylation sites (N-methyl/N-ethyl adjacent to an activating group) is 1. The predicted molar refractivity (Wildman–Crippen MR) is 94.6 cm³/mol. The van der Waals surface area contributed by atoms with Gasteiger partial charge in [-0.3, -0.25) is 4.79 Å². The number of carbonyl (C=O) groups is 1. The van der Waals surface area contributed by atoms with Crippen molar-refractivity contribution in [3.63, 3.8) is 0 Å². The van der Waals surface area contributed by atoms with Crippen molar-refractivity contribution in [3.8, 4) is 5.69 Å². The van der Waals surface area contributed by atoms with E-state index in [9.17, 15) is 4.79 Å². The first-order chi connectivity index (χ1) is 11.0. The van der Waals surface area contributed by atoms with Gasteiger partial charge in [0.05, 0.1) is 11.4 Å². The van der Waals surface area contributed by atoms with Crippen LogP contribution in [0.3, 0.4) is 0 Å². The Hall–Kier alpha value is -2.36. The molecule has 0 saturated carbocycles. The minimum atomic E-state index is 0.0191. The van der Waals surface area contributed by atoms with E-state index in [2.05, 4.69) is 18.9 Å². The number of nitrogens with zero attached hydrogens (tertiary/aromatic N) is 3. The molecular formula is C19H25N3O. The van der Waals surface area contributed by atoms with Gasteiger partial charge >= 0.3 is 0 Å². The van der Waals surface area contributed by atoms with Crippen LogP contribution < -0.4 is 0 Å². The van der Waals surface area contributed by atoms with Crippen LogP contribution in [0.4, 0.5) is 0 Å². The Labute approximate surface area is 138 Å². The summed E-state index contributed by atoms with van der Waals surface area (Å²) in [5.74, 6) is 0.0191. The number of hydrogen-bond donors (Lipinski definition) is 0. The van der Waals surface area contributed by atoms with E-state index in [1.54, 1.807) is 11.0 Å². The van der Waals surface area contributed by atoms with Crippen LogP contribution in [0.5, 0.6) is 0 Å². The monoisotopic (exact) mass is 311 g/mol. The van der Waals surface area contributed by atoms with E-state index in [0.29, 0.717) is 0 Å². The second-order valence-electron chi connectivity index (χ2n) is 5.87. The first kappa shape index (κ1) is 17.0. The largest absolute Gasteiger partial charge is 0.340 e. The molecule has 1 aromatic heterocycles. The van der Waals surface area contributed by atoms with Crippen molar-refractivity contribution in [3.05, 3.63) is 53.4 Å². The number of para-hydroxylation sites is 1. The lowest BCUT2D eigenvalue weighted by Gasteiger charge is -2.22. The van der Waals surface area contributed by atoms with Gasteiger partial charge in [0.25, 0.3) is 0 Å². The molecule has 1 heterocycles. The summed E-state index contributed by atoms with van der Waals surface area (Å²) >= 11 is 0. The molecule has 0 fully saturated rings. The Morgan fingerprint density at radius 3 is 2.57 bits per heavy atom. The molecule has 0 bridgehead atoms. The Bertz CT molecular complexity index is 701. The fourth-order valence-corrected chi connectivity index (χ4v) is 2.48. The third-order valence-corrected chi connectivity index (χ3v) is 4.34. The highest BCUT2D eigenvalue weighted by molar-refractivity contribution is 5.92. The van der Waals surface area contributed by atoms with Gasteiger partial charge in [0.2, 0.25) is 5.91 Å². The van der Waals surface area contributed by atoms with Gasteiger partial charge in [-0.1, -0.05) is 25.1 Å². The average molecular weight is 311 g/mol. The smallest absolute Gasteiger partial charge is 0.246 e. The van der Waals surface area contributed by atoms with Crippen LogP contribution in [0.15, 0.2) is 36.4 Å². The molecule has 0 spiro atoms. The van der Waals surface area contributed by atoms with Crippen molar-refractivity contribution < 1.29 is 4.79 Å². The van der Waals surface area contributed by atoms with Crippen LogP contribution in [-0.4, -0.2) is 33.7 Å². The third kappa shape index (κ3) is 3.70. The minimum Gasteiger partial charge on any atom is -0.340 e. The summed E-state index contributed by atoms with van der Waals surface area (Å²) in [6.07, 6.45) is 4.46. The van der Waals surface area contributed by atoms with Crippen LogP contribution in [-0.2, 0) is 4.79 Å². The maximum atomic E-state index is 12.2. The highest BCUT2D eigenvalue weighted by atomic mass is 16.2. The predicted octanol–water partition coefficient (Wildman–Crippen LogP) is 3.76. The number of amides is 1. The van der Waals surface area contributed by atoms with Crippen LogP contribution in [0.25, 0.3) is 11.8 Å². The lowest BCUT2D eigenvalue weighted by molar-refractivity contribution is -0.126. The van der Waals surface area contributed by atoms with Gasteiger partial charge in [-0.25, -0.2) is 4.68 Å². The van der Waals surface area contributed by atoms with Gasteiger partial charge < -0.3 is 4.90 Å². The van der Waals surface area contributed by atoms with Gasteiger partial charge in [-0.2, -0.15) is 5.10 Å². The Morgan fingerprint density at radius 1 is 1.30 bits per heavy atom. The zero-order valence-electron chi connectivity index (χ0n) is 14.6.